The van der Waals surface area contributed by atoms with Crippen LogP contribution < -0.4 is 10.6 Å². The van der Waals surface area contributed by atoms with Gasteiger partial charge in [-0.1, -0.05) is 30.3 Å². The fourth-order valence-electron chi connectivity index (χ4n) is 2.89. The van der Waals surface area contributed by atoms with Crippen molar-refractivity contribution in [3.63, 3.8) is 0 Å². The predicted molar refractivity (Wildman–Crippen MR) is 118 cm³/mol. The Morgan fingerprint density at radius 1 is 1.25 bits per heavy atom. The summed E-state index contributed by atoms with van der Waals surface area (Å²) in [6.07, 6.45) is 5.68. The highest BCUT2D eigenvalue weighted by molar-refractivity contribution is 14.0. The molecule has 4 nitrogen and oxygen atoms in total. The van der Waals surface area contributed by atoms with Gasteiger partial charge < -0.3 is 10.6 Å². The van der Waals surface area contributed by atoms with Crippen LogP contribution in [0.3, 0.4) is 0 Å². The lowest BCUT2D eigenvalue weighted by molar-refractivity contribution is 0.198. The van der Waals surface area contributed by atoms with Crippen molar-refractivity contribution in [3.05, 3.63) is 35.9 Å². The summed E-state index contributed by atoms with van der Waals surface area (Å²) in [6, 6.07) is 11.3. The molecule has 0 aromatic heterocycles. The van der Waals surface area contributed by atoms with Crippen molar-refractivity contribution in [2.24, 2.45) is 4.99 Å². The standard InChI is InChI=1S/C18H30N4S.HI/c1-19-18(20-11-6-14-23-2)21-17-9-12-22(13-10-17)15-16-7-4-3-5-8-16;/h3-5,7-8,17H,6,9-15H2,1-2H3,(H2,19,20,21);1H. The fourth-order valence-corrected chi connectivity index (χ4v) is 3.32. The van der Waals surface area contributed by atoms with Gasteiger partial charge in [0, 0.05) is 39.3 Å². The van der Waals surface area contributed by atoms with E-state index in [0.29, 0.717) is 6.04 Å². The largest absolute Gasteiger partial charge is 0.356 e. The predicted octanol–water partition coefficient (Wildman–Crippen LogP) is 3.19. The monoisotopic (exact) mass is 462 g/mol. The average Bonchev–Trinajstić information content (AvgIpc) is 2.60. The Bertz CT molecular complexity index is 461. The normalized spacial score (nSPS) is 16.5. The molecule has 0 atom stereocenters. The second-order valence-electron chi connectivity index (χ2n) is 6.03. The molecule has 0 bridgehead atoms. The van der Waals surface area contributed by atoms with E-state index < -0.39 is 0 Å². The Balaban J connectivity index is 0.00000288. The molecular formula is C18H31IN4S. The highest BCUT2D eigenvalue weighted by Crippen LogP contribution is 2.13. The molecule has 0 spiro atoms. The quantitative estimate of drug-likeness (QED) is 0.283. The van der Waals surface area contributed by atoms with Crippen molar-refractivity contribution in [3.8, 4) is 0 Å². The lowest BCUT2D eigenvalue weighted by Crippen LogP contribution is -2.48. The third-order valence-electron chi connectivity index (χ3n) is 4.22. The summed E-state index contributed by atoms with van der Waals surface area (Å²) in [4.78, 5) is 6.88. The number of halogens is 1. The third-order valence-corrected chi connectivity index (χ3v) is 4.92. The number of hydrogen-bond donors (Lipinski definition) is 2. The van der Waals surface area contributed by atoms with Gasteiger partial charge in [0.05, 0.1) is 0 Å². The van der Waals surface area contributed by atoms with Gasteiger partial charge in [-0.2, -0.15) is 11.8 Å². The molecule has 1 saturated heterocycles. The number of rotatable bonds is 7. The molecule has 2 N–H and O–H groups in total. The summed E-state index contributed by atoms with van der Waals surface area (Å²) >= 11 is 1.89. The number of piperidine rings is 1. The lowest BCUT2D eigenvalue weighted by Gasteiger charge is -2.33. The minimum absolute atomic E-state index is 0. The topological polar surface area (TPSA) is 39.7 Å². The molecule has 1 aliphatic heterocycles. The summed E-state index contributed by atoms with van der Waals surface area (Å²) in [5, 5.41) is 6.99. The Morgan fingerprint density at radius 2 is 1.96 bits per heavy atom. The van der Waals surface area contributed by atoms with Crippen molar-refractivity contribution in [1.29, 1.82) is 0 Å². The van der Waals surface area contributed by atoms with Gasteiger partial charge in [-0.25, -0.2) is 0 Å². The van der Waals surface area contributed by atoms with E-state index in [1.165, 1.54) is 30.6 Å². The Labute approximate surface area is 168 Å². The van der Waals surface area contributed by atoms with Crippen LogP contribution in [-0.4, -0.2) is 55.6 Å². The minimum atomic E-state index is 0. The van der Waals surface area contributed by atoms with E-state index in [9.17, 15) is 0 Å². The van der Waals surface area contributed by atoms with E-state index in [1.807, 2.05) is 18.8 Å². The molecule has 1 fully saturated rings. The maximum Gasteiger partial charge on any atom is 0.191 e. The first-order valence-electron chi connectivity index (χ1n) is 8.54. The molecular weight excluding hydrogens is 431 g/mol. The SMILES string of the molecule is CN=C(NCCCSC)NC1CCN(Cc2ccccc2)CC1.I. The van der Waals surface area contributed by atoms with Crippen LogP contribution in [0.4, 0.5) is 0 Å². The lowest BCUT2D eigenvalue weighted by atomic mass is 10.0. The minimum Gasteiger partial charge on any atom is -0.356 e. The van der Waals surface area contributed by atoms with Crippen LogP contribution in [0.5, 0.6) is 0 Å². The fraction of sp³-hybridized carbons (Fsp3) is 0.611. The highest BCUT2D eigenvalue weighted by Gasteiger charge is 2.19. The average molecular weight is 462 g/mol. The van der Waals surface area contributed by atoms with Crippen LogP contribution in [0.1, 0.15) is 24.8 Å². The summed E-state index contributed by atoms with van der Waals surface area (Å²) < 4.78 is 0. The van der Waals surface area contributed by atoms with Gasteiger partial charge in [0.1, 0.15) is 0 Å². The molecule has 1 aliphatic rings. The third kappa shape index (κ3) is 8.07. The van der Waals surface area contributed by atoms with Crippen molar-refractivity contribution < 1.29 is 0 Å². The van der Waals surface area contributed by atoms with E-state index in [2.05, 4.69) is 57.1 Å². The number of nitrogens with zero attached hydrogens (tertiary/aromatic N) is 2. The van der Waals surface area contributed by atoms with Crippen molar-refractivity contribution in [1.82, 2.24) is 15.5 Å². The first-order valence-corrected chi connectivity index (χ1v) is 9.93. The van der Waals surface area contributed by atoms with Crippen LogP contribution in [0.25, 0.3) is 0 Å². The molecule has 1 aromatic carbocycles. The number of thioether (sulfide) groups is 1. The molecule has 136 valence electrons. The van der Waals surface area contributed by atoms with Gasteiger partial charge in [-0.15, -0.1) is 24.0 Å². The number of nitrogens with one attached hydrogen (secondary N) is 2. The number of hydrogen-bond acceptors (Lipinski definition) is 3. The highest BCUT2D eigenvalue weighted by atomic mass is 127. The van der Waals surface area contributed by atoms with Crippen molar-refractivity contribution in [2.75, 3.05) is 38.7 Å². The zero-order valence-electron chi connectivity index (χ0n) is 14.8. The molecule has 1 heterocycles. The van der Waals surface area contributed by atoms with Gasteiger partial charge >= 0.3 is 0 Å². The maximum atomic E-state index is 4.34. The Morgan fingerprint density at radius 3 is 2.58 bits per heavy atom. The molecule has 1 aromatic rings. The maximum absolute atomic E-state index is 4.34. The molecule has 0 aliphatic carbocycles. The summed E-state index contributed by atoms with van der Waals surface area (Å²) in [7, 11) is 1.86. The summed E-state index contributed by atoms with van der Waals surface area (Å²) in [6.45, 7) is 4.36. The molecule has 6 heteroatoms. The second kappa shape index (κ2) is 12.8. The Kier molecular flexibility index (Phi) is 11.5. The zero-order chi connectivity index (χ0) is 16.3. The van der Waals surface area contributed by atoms with E-state index in [0.717, 1.165) is 32.1 Å². The van der Waals surface area contributed by atoms with Crippen molar-refractivity contribution in [2.45, 2.75) is 31.8 Å². The van der Waals surface area contributed by atoms with Gasteiger partial charge in [0.2, 0.25) is 0 Å². The van der Waals surface area contributed by atoms with Gasteiger partial charge in [-0.05, 0) is 36.8 Å². The number of likely N-dealkylation sites (tertiary alicyclic amines) is 1. The van der Waals surface area contributed by atoms with E-state index >= 15 is 0 Å². The van der Waals surface area contributed by atoms with Crippen LogP contribution in [0, 0.1) is 0 Å². The number of benzene rings is 1. The number of aliphatic imine (C=N–C) groups is 1. The molecule has 0 saturated carbocycles. The molecule has 2 rings (SSSR count). The molecule has 0 amide bonds. The van der Waals surface area contributed by atoms with Crippen LogP contribution in [-0.2, 0) is 6.54 Å². The van der Waals surface area contributed by atoms with Gasteiger partial charge in [0.15, 0.2) is 5.96 Å². The molecule has 0 unspecified atom stereocenters. The van der Waals surface area contributed by atoms with E-state index in [1.54, 1.807) is 0 Å². The van der Waals surface area contributed by atoms with Crippen LogP contribution >= 0.6 is 35.7 Å². The molecule has 24 heavy (non-hydrogen) atoms. The first kappa shape index (κ1) is 21.6. The summed E-state index contributed by atoms with van der Waals surface area (Å²) in [5.41, 5.74) is 1.41. The van der Waals surface area contributed by atoms with Gasteiger partial charge in [-0.3, -0.25) is 9.89 Å². The summed E-state index contributed by atoms with van der Waals surface area (Å²) in [5.74, 6) is 2.15. The Hall–Kier alpha value is -0.470. The zero-order valence-corrected chi connectivity index (χ0v) is 18.0. The van der Waals surface area contributed by atoms with Crippen LogP contribution in [0.15, 0.2) is 35.3 Å². The molecule has 0 radical (unpaired) electrons. The van der Waals surface area contributed by atoms with E-state index in [-0.39, 0.29) is 24.0 Å². The first-order chi connectivity index (χ1) is 11.3. The van der Waals surface area contributed by atoms with Crippen molar-refractivity contribution >= 4 is 41.7 Å². The smallest absolute Gasteiger partial charge is 0.191 e. The number of guanidine groups is 1. The van der Waals surface area contributed by atoms with E-state index in [4.69, 9.17) is 0 Å². The van der Waals surface area contributed by atoms with Gasteiger partial charge in [0.25, 0.3) is 0 Å². The second-order valence-corrected chi connectivity index (χ2v) is 7.01. The van der Waals surface area contributed by atoms with Crippen LogP contribution in [0.2, 0.25) is 0 Å².